The van der Waals surface area contributed by atoms with Crippen molar-refractivity contribution in [3.63, 3.8) is 0 Å². The molecule has 14 nitrogen and oxygen atoms in total. The third kappa shape index (κ3) is 56.0. The van der Waals surface area contributed by atoms with Crippen LogP contribution in [-0.4, -0.2) is 140 Å². The minimum atomic E-state index is -1.79. The maximum atomic E-state index is 13.4. The monoisotopic (exact) mass is 1490 g/mol. The van der Waals surface area contributed by atoms with Gasteiger partial charge in [0, 0.05) is 6.42 Å². The lowest BCUT2D eigenvalue weighted by molar-refractivity contribution is -0.359. The minimum Gasteiger partial charge on any atom is -0.394 e. The van der Waals surface area contributed by atoms with Gasteiger partial charge in [0.2, 0.25) is 5.91 Å². The summed E-state index contributed by atoms with van der Waals surface area (Å²) in [5.74, 6) is -0.206. The molecule has 2 aliphatic rings. The van der Waals surface area contributed by atoms with Crippen LogP contribution >= 0.6 is 0 Å². The number of unbranched alkanes of at least 4 members (excludes halogenated alkanes) is 43. The van der Waals surface area contributed by atoms with E-state index in [4.69, 9.17) is 18.9 Å². The first-order chi connectivity index (χ1) is 52.1. The van der Waals surface area contributed by atoms with Crippen molar-refractivity contribution >= 4 is 5.91 Å². The van der Waals surface area contributed by atoms with Crippen LogP contribution in [0.15, 0.2) is 109 Å². The van der Waals surface area contributed by atoms with Gasteiger partial charge in [-0.3, -0.25) is 4.79 Å². The second-order valence-corrected chi connectivity index (χ2v) is 30.6. The molecule has 614 valence electrons. The summed E-state index contributed by atoms with van der Waals surface area (Å²) in [6.45, 7) is 2.80. The normalized spacial score (nSPS) is 21.8. The van der Waals surface area contributed by atoms with Crippen molar-refractivity contribution in [3.05, 3.63) is 109 Å². The Balaban J connectivity index is 1.58. The summed E-state index contributed by atoms with van der Waals surface area (Å²) in [5, 5.41) is 88.0. The molecule has 2 saturated heterocycles. The van der Waals surface area contributed by atoms with Gasteiger partial charge in [-0.05, 0) is 83.5 Å². The molecule has 2 rings (SSSR count). The SMILES string of the molecule is CC/C=C\C/C=C\C/C=C\C/C=C\C/C=C\C/C=C\C/C=C\C/C=C\C/C=C\CCCCCCCCCCCCCCCC(=O)NC(COC1OC(CO)C(OC2OC(CO)C(O)C(O)C2O)C(O)C1O)C(O)CCCCCCCCCCCCCCCCCCCCCCCCCCCCCCCCC. The van der Waals surface area contributed by atoms with Crippen molar-refractivity contribution in [1.82, 2.24) is 5.32 Å². The lowest BCUT2D eigenvalue weighted by Crippen LogP contribution is -2.65. The summed E-state index contributed by atoms with van der Waals surface area (Å²) in [6, 6.07) is -0.838. The number of carbonyl (C=O) groups is 1. The van der Waals surface area contributed by atoms with Gasteiger partial charge in [0.1, 0.15) is 48.8 Å². The number of carbonyl (C=O) groups excluding carboxylic acids is 1. The van der Waals surface area contributed by atoms with Gasteiger partial charge in [0.15, 0.2) is 12.6 Å². The van der Waals surface area contributed by atoms with Gasteiger partial charge in [-0.1, -0.05) is 393 Å². The molecule has 2 aliphatic heterocycles. The largest absolute Gasteiger partial charge is 0.394 e. The van der Waals surface area contributed by atoms with E-state index in [1.165, 1.54) is 231 Å². The fourth-order valence-electron chi connectivity index (χ4n) is 14.1. The summed E-state index contributed by atoms with van der Waals surface area (Å²) in [4.78, 5) is 13.4. The molecule has 2 heterocycles. The molecule has 0 aromatic heterocycles. The van der Waals surface area contributed by atoms with E-state index in [2.05, 4.69) is 129 Å². The lowest BCUT2D eigenvalue weighted by atomic mass is 9.97. The van der Waals surface area contributed by atoms with Crippen molar-refractivity contribution < 1.29 is 64.6 Å². The smallest absolute Gasteiger partial charge is 0.220 e. The molecule has 2 fully saturated rings. The van der Waals surface area contributed by atoms with E-state index in [1.807, 2.05) is 0 Å². The maximum Gasteiger partial charge on any atom is 0.220 e. The van der Waals surface area contributed by atoms with Crippen LogP contribution in [0.5, 0.6) is 0 Å². The third-order valence-corrected chi connectivity index (χ3v) is 21.0. The number of nitrogens with one attached hydrogen (secondary N) is 1. The Morgan fingerprint density at radius 3 is 1.00 bits per heavy atom. The Bertz CT molecular complexity index is 2210. The van der Waals surface area contributed by atoms with Gasteiger partial charge in [-0.25, -0.2) is 0 Å². The van der Waals surface area contributed by atoms with Crippen LogP contribution in [0.25, 0.3) is 0 Å². The predicted molar refractivity (Wildman–Crippen MR) is 442 cm³/mol. The first-order valence-corrected chi connectivity index (χ1v) is 44.1. The summed E-state index contributed by atoms with van der Waals surface area (Å²) >= 11 is 0. The van der Waals surface area contributed by atoms with E-state index in [1.54, 1.807) is 0 Å². The van der Waals surface area contributed by atoms with Crippen LogP contribution in [0.1, 0.15) is 373 Å². The standard InChI is InChI=1S/C92H163NO13/c1-3-5-7-9-11-13-15-17-19-21-23-25-27-29-31-33-35-36-37-38-39-40-41-42-43-44-46-48-50-52-54-56-58-60-62-64-66-68-70-72-74-76-84(97)93-80(79-103-91-89(102)87(100)90(83(78-95)105-91)106-92-88(101)86(99)85(98)82(77-94)104-92)81(96)75-73-71-69-67-65-63-61-59-57-55-53-51-49-47-45-34-32-30-28-26-24-22-20-18-16-14-12-10-8-6-4-2/h5,7,11,13,17,19,23,25,29,31,35-36,38-39,41-42,44,46,80-83,85-92,94-96,98-102H,3-4,6,8-10,12,14-16,18,20-22,24,26-28,30,32-34,37,40,43,45,47-79H2,1-2H3,(H,93,97)/b7-5-,13-11-,19-17-,25-23-,31-29-,36-35-,39-38-,42-41-,46-44-. The molecule has 0 aromatic carbocycles. The Morgan fingerprint density at radius 2 is 0.651 bits per heavy atom. The molecule has 0 aromatic rings. The Labute approximate surface area is 648 Å². The number of rotatable bonds is 74. The highest BCUT2D eigenvalue weighted by Gasteiger charge is 2.51. The summed E-state index contributed by atoms with van der Waals surface area (Å²) in [7, 11) is 0. The molecule has 12 unspecified atom stereocenters. The van der Waals surface area contributed by atoms with Gasteiger partial charge in [-0.15, -0.1) is 0 Å². The fraction of sp³-hybridized carbons (Fsp3) is 0.793. The molecule has 106 heavy (non-hydrogen) atoms. The molecule has 14 heteroatoms. The van der Waals surface area contributed by atoms with Crippen LogP contribution in [-0.2, 0) is 23.7 Å². The van der Waals surface area contributed by atoms with Crippen molar-refractivity contribution in [2.45, 2.75) is 447 Å². The number of aliphatic hydroxyl groups is 8. The number of amides is 1. The first kappa shape index (κ1) is 98.7. The van der Waals surface area contributed by atoms with E-state index in [-0.39, 0.29) is 12.5 Å². The Kier molecular flexibility index (Phi) is 69.3. The number of allylic oxidation sites excluding steroid dienone is 18. The number of hydrogen-bond acceptors (Lipinski definition) is 13. The highest BCUT2D eigenvalue weighted by atomic mass is 16.7. The van der Waals surface area contributed by atoms with E-state index >= 15 is 0 Å². The molecule has 0 radical (unpaired) electrons. The van der Waals surface area contributed by atoms with E-state index in [0.717, 1.165) is 116 Å². The Morgan fingerprint density at radius 1 is 0.349 bits per heavy atom. The van der Waals surface area contributed by atoms with Crippen molar-refractivity contribution in [2.75, 3.05) is 19.8 Å². The molecule has 9 N–H and O–H groups in total. The van der Waals surface area contributed by atoms with Crippen LogP contribution in [0.4, 0.5) is 0 Å². The van der Waals surface area contributed by atoms with Crippen molar-refractivity contribution in [3.8, 4) is 0 Å². The van der Waals surface area contributed by atoms with E-state index < -0.39 is 86.8 Å². The molecule has 0 aliphatic carbocycles. The average Bonchev–Trinajstić information content (AvgIpc) is 0.790. The average molecular weight is 1490 g/mol. The first-order valence-electron chi connectivity index (χ1n) is 44.1. The van der Waals surface area contributed by atoms with E-state index in [0.29, 0.717) is 12.8 Å². The fourth-order valence-corrected chi connectivity index (χ4v) is 14.1. The molecule has 0 saturated carbocycles. The van der Waals surface area contributed by atoms with E-state index in [9.17, 15) is 45.6 Å². The molecular formula is C92H163NO13. The van der Waals surface area contributed by atoms with Gasteiger partial charge in [0.25, 0.3) is 0 Å². The second-order valence-electron chi connectivity index (χ2n) is 30.6. The lowest BCUT2D eigenvalue weighted by Gasteiger charge is -2.46. The summed E-state index contributed by atoms with van der Waals surface area (Å²) in [6.07, 6.45) is 91.4. The zero-order valence-corrected chi connectivity index (χ0v) is 67.7. The summed E-state index contributed by atoms with van der Waals surface area (Å²) in [5.41, 5.74) is 0. The van der Waals surface area contributed by atoms with Crippen LogP contribution < -0.4 is 5.32 Å². The third-order valence-electron chi connectivity index (χ3n) is 21.0. The maximum absolute atomic E-state index is 13.4. The Hall–Kier alpha value is -3.35. The van der Waals surface area contributed by atoms with Crippen LogP contribution in [0, 0.1) is 0 Å². The van der Waals surface area contributed by atoms with Crippen LogP contribution in [0.3, 0.4) is 0 Å². The number of aliphatic hydroxyl groups excluding tert-OH is 8. The van der Waals surface area contributed by atoms with Gasteiger partial charge >= 0.3 is 0 Å². The molecule has 1 amide bonds. The molecule has 12 atom stereocenters. The number of hydrogen-bond donors (Lipinski definition) is 9. The topological polar surface area (TPSA) is 228 Å². The highest BCUT2D eigenvalue weighted by Crippen LogP contribution is 2.31. The summed E-state index contributed by atoms with van der Waals surface area (Å²) < 4.78 is 23.0. The quantitative estimate of drug-likeness (QED) is 0.0204. The van der Waals surface area contributed by atoms with Crippen molar-refractivity contribution in [2.24, 2.45) is 0 Å². The zero-order chi connectivity index (χ0) is 76.5. The zero-order valence-electron chi connectivity index (χ0n) is 67.7. The van der Waals surface area contributed by atoms with Gasteiger partial charge in [-0.2, -0.15) is 0 Å². The van der Waals surface area contributed by atoms with Crippen LogP contribution in [0.2, 0.25) is 0 Å². The second kappa shape index (κ2) is 74.4. The number of ether oxygens (including phenoxy) is 4. The molecule has 0 spiro atoms. The highest BCUT2D eigenvalue weighted by molar-refractivity contribution is 5.76. The van der Waals surface area contributed by atoms with Gasteiger partial charge < -0.3 is 65.1 Å². The predicted octanol–water partition coefficient (Wildman–Crippen LogP) is 21.4. The minimum absolute atomic E-state index is 0.206. The molecular weight excluding hydrogens is 1330 g/mol. The molecule has 0 bridgehead atoms. The van der Waals surface area contributed by atoms with Crippen molar-refractivity contribution in [1.29, 1.82) is 0 Å². The van der Waals surface area contributed by atoms with Gasteiger partial charge in [0.05, 0.1) is 32.0 Å².